The standard InChI is InChI=1S/C15H20N4/c1-10(2)14-7-15(19-9-18-14)17-8-12-5-4-6-13(16)11(12)3/h4-7,9-10H,8,16H2,1-3H3,(H,17,18,19). The van der Waals surface area contributed by atoms with Crippen LogP contribution < -0.4 is 11.1 Å². The lowest BCUT2D eigenvalue weighted by molar-refractivity contribution is 0.813. The van der Waals surface area contributed by atoms with Crippen molar-refractivity contribution >= 4 is 11.5 Å². The van der Waals surface area contributed by atoms with Crippen molar-refractivity contribution in [3.63, 3.8) is 0 Å². The Kier molecular flexibility index (Phi) is 4.00. The quantitative estimate of drug-likeness (QED) is 0.825. The average molecular weight is 256 g/mol. The van der Waals surface area contributed by atoms with Gasteiger partial charge in [0.15, 0.2) is 0 Å². The van der Waals surface area contributed by atoms with Gasteiger partial charge in [0, 0.05) is 24.0 Å². The number of aromatic nitrogens is 2. The van der Waals surface area contributed by atoms with E-state index in [9.17, 15) is 0 Å². The maximum atomic E-state index is 5.90. The molecule has 2 rings (SSSR count). The molecule has 0 radical (unpaired) electrons. The lowest BCUT2D eigenvalue weighted by atomic mass is 10.1. The largest absolute Gasteiger partial charge is 0.399 e. The van der Waals surface area contributed by atoms with Crippen LogP contribution in [0.25, 0.3) is 0 Å². The van der Waals surface area contributed by atoms with E-state index in [0.29, 0.717) is 12.5 Å². The third-order valence-electron chi connectivity index (χ3n) is 3.23. The molecular formula is C15H20N4. The van der Waals surface area contributed by atoms with E-state index in [2.05, 4.69) is 35.2 Å². The minimum absolute atomic E-state index is 0.401. The molecule has 4 nitrogen and oxygen atoms in total. The van der Waals surface area contributed by atoms with Gasteiger partial charge in [0.25, 0.3) is 0 Å². The number of nitrogens with zero attached hydrogens (tertiary/aromatic N) is 2. The molecule has 0 bridgehead atoms. The van der Waals surface area contributed by atoms with Crippen LogP contribution in [0.4, 0.5) is 11.5 Å². The fourth-order valence-corrected chi connectivity index (χ4v) is 1.87. The molecule has 0 saturated carbocycles. The lowest BCUT2D eigenvalue weighted by Gasteiger charge is -2.11. The van der Waals surface area contributed by atoms with E-state index >= 15 is 0 Å². The zero-order valence-corrected chi connectivity index (χ0v) is 11.6. The van der Waals surface area contributed by atoms with Crippen LogP contribution in [0.5, 0.6) is 0 Å². The summed E-state index contributed by atoms with van der Waals surface area (Å²) in [5, 5.41) is 3.32. The van der Waals surface area contributed by atoms with Gasteiger partial charge in [-0.2, -0.15) is 0 Å². The van der Waals surface area contributed by atoms with Gasteiger partial charge in [0.05, 0.1) is 0 Å². The van der Waals surface area contributed by atoms with Crippen LogP contribution in [0, 0.1) is 6.92 Å². The predicted molar refractivity (Wildman–Crippen MR) is 79.0 cm³/mol. The van der Waals surface area contributed by atoms with Crippen LogP contribution in [-0.2, 0) is 6.54 Å². The normalized spacial score (nSPS) is 10.7. The Bertz CT molecular complexity index is 564. The monoisotopic (exact) mass is 256 g/mol. The molecule has 100 valence electrons. The molecule has 0 unspecified atom stereocenters. The van der Waals surface area contributed by atoms with Gasteiger partial charge in [-0.25, -0.2) is 9.97 Å². The van der Waals surface area contributed by atoms with E-state index < -0.39 is 0 Å². The molecule has 1 aromatic heterocycles. The molecule has 0 fully saturated rings. The molecule has 0 spiro atoms. The zero-order chi connectivity index (χ0) is 13.8. The highest BCUT2D eigenvalue weighted by Gasteiger charge is 2.04. The Hall–Kier alpha value is -2.10. The van der Waals surface area contributed by atoms with E-state index in [1.165, 1.54) is 5.56 Å². The van der Waals surface area contributed by atoms with Crippen molar-refractivity contribution in [3.05, 3.63) is 47.4 Å². The van der Waals surface area contributed by atoms with Gasteiger partial charge in [-0.1, -0.05) is 26.0 Å². The molecule has 19 heavy (non-hydrogen) atoms. The smallest absolute Gasteiger partial charge is 0.129 e. The van der Waals surface area contributed by atoms with Crippen molar-refractivity contribution in [3.8, 4) is 0 Å². The Balaban J connectivity index is 2.10. The van der Waals surface area contributed by atoms with Crippen LogP contribution >= 0.6 is 0 Å². The number of nitrogens with two attached hydrogens (primary N) is 1. The second-order valence-corrected chi connectivity index (χ2v) is 4.97. The van der Waals surface area contributed by atoms with E-state index in [-0.39, 0.29) is 0 Å². The lowest BCUT2D eigenvalue weighted by Crippen LogP contribution is -2.05. The topological polar surface area (TPSA) is 63.8 Å². The maximum absolute atomic E-state index is 5.90. The third kappa shape index (κ3) is 3.22. The van der Waals surface area contributed by atoms with Gasteiger partial charge in [-0.3, -0.25) is 0 Å². The number of nitrogens with one attached hydrogen (secondary N) is 1. The van der Waals surface area contributed by atoms with E-state index in [0.717, 1.165) is 22.8 Å². The summed E-state index contributed by atoms with van der Waals surface area (Å²) in [7, 11) is 0. The first-order valence-electron chi connectivity index (χ1n) is 6.47. The van der Waals surface area contributed by atoms with Crippen molar-refractivity contribution in [1.82, 2.24) is 9.97 Å². The summed E-state index contributed by atoms with van der Waals surface area (Å²) in [6.07, 6.45) is 1.60. The number of benzene rings is 1. The molecule has 0 aliphatic carbocycles. The molecule has 3 N–H and O–H groups in total. The maximum Gasteiger partial charge on any atom is 0.129 e. The second-order valence-electron chi connectivity index (χ2n) is 4.97. The van der Waals surface area contributed by atoms with E-state index in [1.54, 1.807) is 6.33 Å². The van der Waals surface area contributed by atoms with Crippen molar-refractivity contribution < 1.29 is 0 Å². The molecular weight excluding hydrogens is 236 g/mol. The highest BCUT2D eigenvalue weighted by atomic mass is 15.0. The van der Waals surface area contributed by atoms with Crippen LogP contribution in [0.1, 0.15) is 36.6 Å². The molecule has 0 amide bonds. The summed E-state index contributed by atoms with van der Waals surface area (Å²) < 4.78 is 0. The van der Waals surface area contributed by atoms with Crippen LogP contribution in [-0.4, -0.2) is 9.97 Å². The molecule has 0 atom stereocenters. The van der Waals surface area contributed by atoms with Gasteiger partial charge in [0.2, 0.25) is 0 Å². The van der Waals surface area contributed by atoms with Crippen molar-refractivity contribution in [2.75, 3.05) is 11.1 Å². The van der Waals surface area contributed by atoms with Gasteiger partial charge in [0.1, 0.15) is 12.1 Å². The summed E-state index contributed by atoms with van der Waals surface area (Å²) in [5.41, 5.74) is 10.1. The van der Waals surface area contributed by atoms with Crippen molar-refractivity contribution in [2.45, 2.75) is 33.2 Å². The Labute approximate surface area is 114 Å². The Morgan fingerprint density at radius 2 is 2.05 bits per heavy atom. The van der Waals surface area contributed by atoms with Crippen LogP contribution in [0.3, 0.4) is 0 Å². The van der Waals surface area contributed by atoms with E-state index in [1.807, 2.05) is 25.1 Å². The minimum atomic E-state index is 0.401. The Morgan fingerprint density at radius 3 is 2.79 bits per heavy atom. The summed E-state index contributed by atoms with van der Waals surface area (Å²) in [4.78, 5) is 8.49. The number of hydrogen-bond acceptors (Lipinski definition) is 4. The van der Waals surface area contributed by atoms with Gasteiger partial charge < -0.3 is 11.1 Å². The van der Waals surface area contributed by atoms with Crippen LogP contribution in [0.15, 0.2) is 30.6 Å². The first kappa shape index (κ1) is 13.3. The molecule has 0 saturated heterocycles. The van der Waals surface area contributed by atoms with Crippen LogP contribution in [0.2, 0.25) is 0 Å². The fourth-order valence-electron chi connectivity index (χ4n) is 1.87. The Morgan fingerprint density at radius 1 is 1.26 bits per heavy atom. The SMILES string of the molecule is Cc1c(N)cccc1CNc1cc(C(C)C)ncn1. The van der Waals surface area contributed by atoms with E-state index in [4.69, 9.17) is 5.73 Å². The summed E-state index contributed by atoms with van der Waals surface area (Å²) >= 11 is 0. The second kappa shape index (κ2) is 5.69. The average Bonchev–Trinajstić information content (AvgIpc) is 2.41. The summed E-state index contributed by atoms with van der Waals surface area (Å²) in [6, 6.07) is 7.95. The number of nitrogen functional groups attached to an aromatic ring is 1. The van der Waals surface area contributed by atoms with Crippen molar-refractivity contribution in [2.24, 2.45) is 0 Å². The number of rotatable bonds is 4. The zero-order valence-electron chi connectivity index (χ0n) is 11.6. The van der Waals surface area contributed by atoms with Gasteiger partial charge >= 0.3 is 0 Å². The van der Waals surface area contributed by atoms with Gasteiger partial charge in [-0.05, 0) is 30.0 Å². The molecule has 0 aliphatic rings. The summed E-state index contributed by atoms with van der Waals surface area (Å²) in [5.74, 6) is 1.25. The first-order valence-corrected chi connectivity index (χ1v) is 6.47. The number of anilines is 2. The highest BCUT2D eigenvalue weighted by Crippen LogP contribution is 2.18. The highest BCUT2D eigenvalue weighted by molar-refractivity contribution is 5.51. The molecule has 4 heteroatoms. The first-order chi connectivity index (χ1) is 9.08. The molecule has 1 aromatic carbocycles. The number of hydrogen-bond donors (Lipinski definition) is 2. The molecule has 1 heterocycles. The predicted octanol–water partition coefficient (Wildman–Crippen LogP) is 3.10. The van der Waals surface area contributed by atoms with Gasteiger partial charge in [-0.15, -0.1) is 0 Å². The minimum Gasteiger partial charge on any atom is -0.399 e. The molecule has 0 aliphatic heterocycles. The fraction of sp³-hybridized carbons (Fsp3) is 0.333. The molecule has 2 aromatic rings. The third-order valence-corrected chi connectivity index (χ3v) is 3.23. The van der Waals surface area contributed by atoms with Crippen molar-refractivity contribution in [1.29, 1.82) is 0 Å². The summed E-state index contributed by atoms with van der Waals surface area (Å²) in [6.45, 7) is 6.99.